The van der Waals surface area contributed by atoms with E-state index < -0.39 is 18.0 Å². The lowest BCUT2D eigenvalue weighted by molar-refractivity contribution is 0.0324. The number of halogens is 1. The highest BCUT2D eigenvalue weighted by Gasteiger charge is 2.10. The van der Waals surface area contributed by atoms with E-state index in [-0.39, 0.29) is 18.8 Å². The summed E-state index contributed by atoms with van der Waals surface area (Å²) < 4.78 is 23.4. The van der Waals surface area contributed by atoms with Gasteiger partial charge in [-0.1, -0.05) is 0 Å². The fraction of sp³-hybridized carbons (Fsp3) is 0.500. The summed E-state index contributed by atoms with van der Waals surface area (Å²) in [4.78, 5) is 0. The van der Waals surface area contributed by atoms with E-state index in [2.05, 4.69) is 0 Å². The predicted octanol–water partition coefficient (Wildman–Crippen LogP) is 1.27. The SMILES string of the molecule is COCC(O)COc1ccc(C(C)O)c(F)c1. The van der Waals surface area contributed by atoms with Crippen LogP contribution in [-0.2, 0) is 4.74 Å². The molecule has 0 saturated heterocycles. The Kier molecular flexibility index (Phi) is 5.34. The third-order valence-corrected chi connectivity index (χ3v) is 2.22. The monoisotopic (exact) mass is 244 g/mol. The zero-order valence-electron chi connectivity index (χ0n) is 9.89. The van der Waals surface area contributed by atoms with Crippen LogP contribution < -0.4 is 4.74 Å². The van der Waals surface area contributed by atoms with Gasteiger partial charge < -0.3 is 19.7 Å². The Bertz CT molecular complexity index is 354. The molecule has 1 aromatic rings. The Morgan fingerprint density at radius 1 is 1.29 bits per heavy atom. The Morgan fingerprint density at radius 3 is 2.53 bits per heavy atom. The van der Waals surface area contributed by atoms with Crippen LogP contribution >= 0.6 is 0 Å². The largest absolute Gasteiger partial charge is 0.491 e. The summed E-state index contributed by atoms with van der Waals surface area (Å²) in [6.45, 7) is 1.68. The van der Waals surface area contributed by atoms with Crippen LogP contribution in [0.2, 0.25) is 0 Å². The van der Waals surface area contributed by atoms with E-state index in [4.69, 9.17) is 9.47 Å². The summed E-state index contributed by atoms with van der Waals surface area (Å²) in [5.41, 5.74) is 0.217. The van der Waals surface area contributed by atoms with E-state index in [1.807, 2.05) is 0 Å². The Labute approximate surface area is 99.6 Å². The van der Waals surface area contributed by atoms with E-state index in [1.54, 1.807) is 6.07 Å². The summed E-state index contributed by atoms with van der Waals surface area (Å²) in [6, 6.07) is 4.18. The number of aliphatic hydroxyl groups excluding tert-OH is 2. The fourth-order valence-electron chi connectivity index (χ4n) is 1.37. The minimum atomic E-state index is -0.858. The minimum Gasteiger partial charge on any atom is -0.491 e. The van der Waals surface area contributed by atoms with Gasteiger partial charge in [0.25, 0.3) is 0 Å². The van der Waals surface area contributed by atoms with Crippen molar-refractivity contribution in [2.45, 2.75) is 19.1 Å². The van der Waals surface area contributed by atoms with E-state index in [0.717, 1.165) is 0 Å². The molecule has 0 bridgehead atoms. The van der Waals surface area contributed by atoms with Crippen LogP contribution in [0.3, 0.4) is 0 Å². The lowest BCUT2D eigenvalue weighted by atomic mass is 10.1. The van der Waals surface area contributed by atoms with E-state index in [1.165, 1.54) is 26.2 Å². The number of methoxy groups -OCH3 is 1. The van der Waals surface area contributed by atoms with Crippen LogP contribution in [0, 0.1) is 5.82 Å². The molecule has 2 unspecified atom stereocenters. The normalized spacial score (nSPS) is 14.4. The Balaban J connectivity index is 2.58. The summed E-state index contributed by atoms with van der Waals surface area (Å²) in [5.74, 6) is -0.221. The molecule has 2 N–H and O–H groups in total. The smallest absolute Gasteiger partial charge is 0.132 e. The van der Waals surface area contributed by atoms with Crippen molar-refractivity contribution in [1.82, 2.24) is 0 Å². The van der Waals surface area contributed by atoms with Gasteiger partial charge in [-0.3, -0.25) is 0 Å². The summed E-state index contributed by atoms with van der Waals surface area (Å²) in [7, 11) is 1.47. The van der Waals surface area contributed by atoms with Crippen molar-refractivity contribution in [1.29, 1.82) is 0 Å². The molecule has 5 heteroatoms. The van der Waals surface area contributed by atoms with Crippen molar-refractivity contribution in [2.75, 3.05) is 20.3 Å². The maximum Gasteiger partial charge on any atom is 0.132 e. The molecule has 17 heavy (non-hydrogen) atoms. The number of hydrogen-bond acceptors (Lipinski definition) is 4. The second-order valence-corrected chi connectivity index (χ2v) is 3.78. The summed E-state index contributed by atoms with van der Waals surface area (Å²) >= 11 is 0. The first-order valence-electron chi connectivity index (χ1n) is 5.32. The van der Waals surface area contributed by atoms with Gasteiger partial charge in [-0.05, 0) is 19.1 Å². The Morgan fingerprint density at radius 2 is 2.00 bits per heavy atom. The molecule has 2 atom stereocenters. The third-order valence-electron chi connectivity index (χ3n) is 2.22. The van der Waals surface area contributed by atoms with Crippen LogP contribution in [0.1, 0.15) is 18.6 Å². The molecular formula is C12H17FO4. The predicted molar refractivity (Wildman–Crippen MR) is 60.4 cm³/mol. The van der Waals surface area contributed by atoms with Crippen molar-refractivity contribution in [3.8, 4) is 5.75 Å². The van der Waals surface area contributed by atoms with Crippen LogP contribution in [-0.4, -0.2) is 36.6 Å². The topological polar surface area (TPSA) is 58.9 Å². The first-order chi connectivity index (χ1) is 8.04. The average Bonchev–Trinajstić information content (AvgIpc) is 2.26. The van der Waals surface area contributed by atoms with Gasteiger partial charge in [-0.15, -0.1) is 0 Å². The highest BCUT2D eigenvalue weighted by molar-refractivity contribution is 5.30. The van der Waals surface area contributed by atoms with Gasteiger partial charge in [0.2, 0.25) is 0 Å². The molecule has 0 aliphatic heterocycles. The maximum absolute atomic E-state index is 13.4. The second-order valence-electron chi connectivity index (χ2n) is 3.78. The first-order valence-corrected chi connectivity index (χ1v) is 5.32. The van der Waals surface area contributed by atoms with Crippen LogP contribution in [0.25, 0.3) is 0 Å². The molecule has 0 amide bonds. The summed E-state index contributed by atoms with van der Waals surface area (Å²) in [6.07, 6.45) is -1.61. The van der Waals surface area contributed by atoms with Crippen molar-refractivity contribution in [2.24, 2.45) is 0 Å². The molecule has 0 aliphatic carbocycles. The number of aliphatic hydroxyl groups is 2. The lowest BCUT2D eigenvalue weighted by Gasteiger charge is -2.12. The second kappa shape index (κ2) is 6.54. The van der Waals surface area contributed by atoms with Gasteiger partial charge in [0, 0.05) is 18.7 Å². The zero-order valence-corrected chi connectivity index (χ0v) is 9.89. The maximum atomic E-state index is 13.4. The van der Waals surface area contributed by atoms with Gasteiger partial charge in [0.15, 0.2) is 0 Å². The first kappa shape index (κ1) is 13.9. The van der Waals surface area contributed by atoms with Gasteiger partial charge in [0.05, 0.1) is 12.7 Å². The minimum absolute atomic E-state index is 0.0291. The van der Waals surface area contributed by atoms with E-state index in [0.29, 0.717) is 5.75 Å². The van der Waals surface area contributed by atoms with Gasteiger partial charge >= 0.3 is 0 Å². The number of hydrogen-bond donors (Lipinski definition) is 2. The molecule has 1 rings (SSSR count). The molecule has 0 aromatic heterocycles. The van der Waals surface area contributed by atoms with Crippen molar-refractivity contribution >= 4 is 0 Å². The molecule has 1 aromatic carbocycles. The zero-order chi connectivity index (χ0) is 12.8. The molecule has 0 fully saturated rings. The van der Waals surface area contributed by atoms with Gasteiger partial charge in [0.1, 0.15) is 24.3 Å². The quantitative estimate of drug-likeness (QED) is 0.791. The van der Waals surface area contributed by atoms with Gasteiger partial charge in [-0.2, -0.15) is 0 Å². The highest BCUT2D eigenvalue weighted by Crippen LogP contribution is 2.21. The molecular weight excluding hydrogens is 227 g/mol. The fourth-order valence-corrected chi connectivity index (χ4v) is 1.37. The van der Waals surface area contributed by atoms with E-state index in [9.17, 15) is 14.6 Å². The van der Waals surface area contributed by atoms with Crippen LogP contribution in [0.4, 0.5) is 4.39 Å². The molecule has 0 radical (unpaired) electrons. The van der Waals surface area contributed by atoms with Crippen LogP contribution in [0.5, 0.6) is 5.75 Å². The molecule has 0 saturated carbocycles. The molecule has 0 heterocycles. The molecule has 0 aliphatic rings. The number of benzene rings is 1. The van der Waals surface area contributed by atoms with Crippen LogP contribution in [0.15, 0.2) is 18.2 Å². The molecule has 0 spiro atoms. The third kappa shape index (κ3) is 4.30. The molecule has 4 nitrogen and oxygen atoms in total. The van der Waals surface area contributed by atoms with Crippen molar-refractivity contribution in [3.63, 3.8) is 0 Å². The van der Waals surface area contributed by atoms with Gasteiger partial charge in [-0.25, -0.2) is 4.39 Å². The van der Waals surface area contributed by atoms with Crippen molar-refractivity contribution in [3.05, 3.63) is 29.6 Å². The lowest BCUT2D eigenvalue weighted by Crippen LogP contribution is -2.22. The standard InChI is InChI=1S/C12H17FO4/c1-8(14)11-4-3-10(5-12(11)13)17-7-9(15)6-16-2/h3-5,8-9,14-15H,6-7H2,1-2H3. The average molecular weight is 244 g/mol. The summed E-state index contributed by atoms with van der Waals surface area (Å²) in [5, 5.41) is 18.6. The molecule has 96 valence electrons. The highest BCUT2D eigenvalue weighted by atomic mass is 19.1. The van der Waals surface area contributed by atoms with E-state index >= 15 is 0 Å². The number of ether oxygens (including phenoxy) is 2. The number of rotatable bonds is 6. The Hall–Kier alpha value is -1.17. The van der Waals surface area contributed by atoms with Crippen molar-refractivity contribution < 1.29 is 24.1 Å².